The van der Waals surface area contributed by atoms with E-state index < -0.39 is 10.0 Å². The van der Waals surface area contributed by atoms with Gasteiger partial charge in [-0.3, -0.25) is 4.72 Å². The molecule has 3 aromatic carbocycles. The molecule has 1 unspecified atom stereocenters. The normalized spacial score (nSPS) is 15.6. The van der Waals surface area contributed by atoms with Crippen LogP contribution >= 0.6 is 0 Å². The molecule has 168 valence electrons. The molecule has 4 rings (SSSR count). The van der Waals surface area contributed by atoms with Crippen molar-refractivity contribution >= 4 is 15.7 Å². The monoisotopic (exact) mass is 452 g/mol. The zero-order valence-corrected chi connectivity index (χ0v) is 19.1. The summed E-state index contributed by atoms with van der Waals surface area (Å²) in [5.74, 6) is 1.45. The minimum atomic E-state index is -3.31. The second-order valence-corrected chi connectivity index (χ2v) is 9.76. The molecule has 0 bridgehead atoms. The first-order valence-electron chi connectivity index (χ1n) is 10.6. The average molecular weight is 453 g/mol. The average Bonchev–Trinajstić information content (AvgIpc) is 2.77. The molecule has 1 aliphatic rings. The number of hydrogen-bond acceptors (Lipinski definition) is 5. The van der Waals surface area contributed by atoms with E-state index in [2.05, 4.69) is 22.2 Å². The maximum Gasteiger partial charge on any atom is 0.229 e. The van der Waals surface area contributed by atoms with Crippen molar-refractivity contribution in [3.63, 3.8) is 0 Å². The molecule has 32 heavy (non-hydrogen) atoms. The van der Waals surface area contributed by atoms with Gasteiger partial charge in [-0.25, -0.2) is 8.42 Å². The number of sulfonamides is 1. The Labute approximate surface area is 189 Å². The van der Waals surface area contributed by atoms with Crippen molar-refractivity contribution in [3.05, 3.63) is 89.0 Å². The number of anilines is 1. The SMILES string of the molecule is COc1cc2c(cc1OCc1ccccc1)C(Cc1cccc(NS(C)(=O)=O)c1)NCC2. The Morgan fingerprint density at radius 1 is 1.00 bits per heavy atom. The Bertz CT molecular complexity index is 1180. The molecule has 6 nitrogen and oxygen atoms in total. The molecule has 0 saturated heterocycles. The van der Waals surface area contributed by atoms with E-state index in [4.69, 9.17) is 9.47 Å². The Morgan fingerprint density at radius 2 is 1.78 bits per heavy atom. The molecule has 1 heterocycles. The lowest BCUT2D eigenvalue weighted by molar-refractivity contribution is 0.283. The van der Waals surface area contributed by atoms with Gasteiger partial charge in [-0.05, 0) is 65.9 Å². The van der Waals surface area contributed by atoms with Crippen LogP contribution in [-0.4, -0.2) is 28.3 Å². The quantitative estimate of drug-likeness (QED) is 0.539. The van der Waals surface area contributed by atoms with Gasteiger partial charge in [0.25, 0.3) is 0 Å². The van der Waals surface area contributed by atoms with E-state index in [1.165, 1.54) is 11.1 Å². The fourth-order valence-electron chi connectivity index (χ4n) is 4.05. The second-order valence-electron chi connectivity index (χ2n) is 8.01. The maximum absolute atomic E-state index is 11.6. The third kappa shape index (κ3) is 5.60. The van der Waals surface area contributed by atoms with Crippen molar-refractivity contribution in [2.45, 2.75) is 25.5 Å². The molecular formula is C25H28N2O4S. The number of rotatable bonds is 8. The molecule has 1 atom stereocenters. The van der Waals surface area contributed by atoms with Crippen molar-refractivity contribution in [2.24, 2.45) is 0 Å². The highest BCUT2D eigenvalue weighted by Crippen LogP contribution is 2.37. The first kappa shape index (κ1) is 22.2. The van der Waals surface area contributed by atoms with Gasteiger partial charge >= 0.3 is 0 Å². The summed E-state index contributed by atoms with van der Waals surface area (Å²) in [5.41, 5.74) is 5.14. The molecular weight excluding hydrogens is 424 g/mol. The van der Waals surface area contributed by atoms with E-state index in [1.54, 1.807) is 13.2 Å². The van der Waals surface area contributed by atoms with Gasteiger partial charge in [0, 0.05) is 11.7 Å². The standard InChI is InChI=1S/C25H28N2O4S/c1-30-24-15-20-11-12-26-23(14-19-9-6-10-21(13-19)27-32(2,28)29)22(20)16-25(24)31-17-18-7-4-3-5-8-18/h3-10,13,15-16,23,26-27H,11-12,14,17H2,1-2H3. The lowest BCUT2D eigenvalue weighted by Gasteiger charge is -2.28. The zero-order valence-electron chi connectivity index (χ0n) is 18.3. The van der Waals surface area contributed by atoms with E-state index in [9.17, 15) is 8.42 Å². The Morgan fingerprint density at radius 3 is 2.53 bits per heavy atom. The number of fused-ring (bicyclic) bond motifs is 1. The van der Waals surface area contributed by atoms with Gasteiger partial charge in [-0.2, -0.15) is 0 Å². The number of hydrogen-bond donors (Lipinski definition) is 2. The summed E-state index contributed by atoms with van der Waals surface area (Å²) in [6.07, 6.45) is 2.80. The van der Waals surface area contributed by atoms with Crippen molar-refractivity contribution in [1.29, 1.82) is 0 Å². The second kappa shape index (κ2) is 9.63. The van der Waals surface area contributed by atoms with Gasteiger partial charge < -0.3 is 14.8 Å². The Balaban J connectivity index is 1.57. The van der Waals surface area contributed by atoms with Crippen molar-refractivity contribution in [1.82, 2.24) is 5.32 Å². The van der Waals surface area contributed by atoms with Crippen LogP contribution in [0.3, 0.4) is 0 Å². The fourth-order valence-corrected chi connectivity index (χ4v) is 4.61. The Hall–Kier alpha value is -3.03. The summed E-state index contributed by atoms with van der Waals surface area (Å²) >= 11 is 0. The molecule has 0 aliphatic carbocycles. The first-order valence-corrected chi connectivity index (χ1v) is 12.5. The predicted molar refractivity (Wildman–Crippen MR) is 127 cm³/mol. The minimum Gasteiger partial charge on any atom is -0.493 e. The van der Waals surface area contributed by atoms with Gasteiger partial charge in [0.05, 0.1) is 13.4 Å². The molecule has 0 spiro atoms. The largest absolute Gasteiger partial charge is 0.493 e. The number of benzene rings is 3. The van der Waals surface area contributed by atoms with Gasteiger partial charge in [-0.1, -0.05) is 42.5 Å². The molecule has 0 fully saturated rings. The molecule has 1 aliphatic heterocycles. The van der Waals surface area contributed by atoms with E-state index in [-0.39, 0.29) is 6.04 Å². The third-order valence-corrected chi connectivity index (χ3v) is 6.10. The molecule has 0 radical (unpaired) electrons. The van der Waals surface area contributed by atoms with Crippen LogP contribution in [0.5, 0.6) is 11.5 Å². The van der Waals surface area contributed by atoms with Gasteiger partial charge in [0.2, 0.25) is 10.0 Å². The van der Waals surface area contributed by atoms with Crippen LogP contribution in [0.2, 0.25) is 0 Å². The molecule has 3 aromatic rings. The van der Waals surface area contributed by atoms with Crippen LogP contribution < -0.4 is 19.5 Å². The summed E-state index contributed by atoms with van der Waals surface area (Å²) in [7, 11) is -1.65. The van der Waals surface area contributed by atoms with Crippen LogP contribution in [-0.2, 0) is 29.5 Å². The molecule has 0 saturated carbocycles. The van der Waals surface area contributed by atoms with E-state index in [1.807, 2.05) is 48.5 Å². The highest BCUT2D eigenvalue weighted by atomic mass is 32.2. The summed E-state index contributed by atoms with van der Waals surface area (Å²) in [6, 6.07) is 21.8. The minimum absolute atomic E-state index is 0.0946. The van der Waals surface area contributed by atoms with E-state index >= 15 is 0 Å². The molecule has 0 aromatic heterocycles. The smallest absolute Gasteiger partial charge is 0.229 e. The summed E-state index contributed by atoms with van der Waals surface area (Å²) in [5, 5.41) is 3.59. The molecule has 0 amide bonds. The number of ether oxygens (including phenoxy) is 2. The predicted octanol–water partition coefficient (Wildman–Crippen LogP) is 4.08. The highest BCUT2D eigenvalue weighted by molar-refractivity contribution is 7.92. The van der Waals surface area contributed by atoms with Crippen molar-refractivity contribution in [3.8, 4) is 11.5 Å². The molecule has 2 N–H and O–H groups in total. The summed E-state index contributed by atoms with van der Waals surface area (Å²) in [6.45, 7) is 1.33. The number of nitrogens with one attached hydrogen (secondary N) is 2. The summed E-state index contributed by atoms with van der Waals surface area (Å²) in [4.78, 5) is 0. The van der Waals surface area contributed by atoms with Gasteiger partial charge in [0.15, 0.2) is 11.5 Å². The summed E-state index contributed by atoms with van der Waals surface area (Å²) < 4.78 is 37.4. The molecule has 7 heteroatoms. The lowest BCUT2D eigenvalue weighted by atomic mass is 9.89. The lowest BCUT2D eigenvalue weighted by Crippen LogP contribution is -2.31. The third-order valence-electron chi connectivity index (χ3n) is 5.49. The van der Waals surface area contributed by atoms with Crippen LogP contribution in [0.4, 0.5) is 5.69 Å². The Kier molecular flexibility index (Phi) is 6.67. The van der Waals surface area contributed by atoms with Crippen molar-refractivity contribution < 1.29 is 17.9 Å². The number of methoxy groups -OCH3 is 1. The van der Waals surface area contributed by atoms with Crippen LogP contribution in [0, 0.1) is 0 Å². The fraction of sp³-hybridized carbons (Fsp3) is 0.280. The van der Waals surface area contributed by atoms with Crippen LogP contribution in [0.1, 0.15) is 28.3 Å². The van der Waals surface area contributed by atoms with E-state index in [0.717, 1.165) is 48.3 Å². The van der Waals surface area contributed by atoms with Gasteiger partial charge in [-0.15, -0.1) is 0 Å². The topological polar surface area (TPSA) is 76.7 Å². The zero-order chi connectivity index (χ0) is 22.6. The maximum atomic E-state index is 11.6. The first-order chi connectivity index (χ1) is 15.4. The van der Waals surface area contributed by atoms with Gasteiger partial charge in [0.1, 0.15) is 6.61 Å². The van der Waals surface area contributed by atoms with E-state index in [0.29, 0.717) is 12.3 Å². The van der Waals surface area contributed by atoms with Crippen LogP contribution in [0.15, 0.2) is 66.7 Å². The van der Waals surface area contributed by atoms with Crippen molar-refractivity contribution in [2.75, 3.05) is 24.6 Å². The van der Waals surface area contributed by atoms with Crippen LogP contribution in [0.25, 0.3) is 0 Å². The highest BCUT2D eigenvalue weighted by Gasteiger charge is 2.23.